The Morgan fingerprint density at radius 2 is 2.04 bits per heavy atom. The minimum absolute atomic E-state index is 0.237. The van der Waals surface area contributed by atoms with E-state index in [9.17, 15) is 4.79 Å². The van der Waals surface area contributed by atoms with Crippen LogP contribution in [0.2, 0.25) is 0 Å². The summed E-state index contributed by atoms with van der Waals surface area (Å²) in [5.74, 6) is 1.52. The zero-order valence-electron chi connectivity index (χ0n) is 14.6. The smallest absolute Gasteiger partial charge is 0.256 e. The molecule has 0 aliphatic heterocycles. The van der Waals surface area contributed by atoms with Crippen molar-refractivity contribution in [1.29, 1.82) is 0 Å². The molecule has 0 atom stereocenters. The van der Waals surface area contributed by atoms with Crippen LogP contribution in [-0.4, -0.2) is 29.1 Å². The summed E-state index contributed by atoms with van der Waals surface area (Å²) in [6, 6.07) is 9.02. The molecule has 3 aromatic rings. The number of carbonyl (C=O) groups is 1. The maximum atomic E-state index is 12.6. The third kappa shape index (κ3) is 3.35. The number of pyridine rings is 1. The van der Waals surface area contributed by atoms with E-state index in [4.69, 9.17) is 9.47 Å². The first-order chi connectivity index (χ1) is 12.7. The molecule has 0 saturated heterocycles. The van der Waals surface area contributed by atoms with Crippen molar-refractivity contribution in [3.63, 3.8) is 0 Å². The van der Waals surface area contributed by atoms with Crippen molar-refractivity contribution >= 4 is 22.6 Å². The van der Waals surface area contributed by atoms with Crippen molar-refractivity contribution in [2.45, 2.75) is 31.8 Å². The normalized spacial score (nSPS) is 14.5. The Labute approximate surface area is 151 Å². The van der Waals surface area contributed by atoms with E-state index in [2.05, 4.69) is 15.3 Å². The zero-order valence-corrected chi connectivity index (χ0v) is 14.6. The Morgan fingerprint density at radius 1 is 1.19 bits per heavy atom. The predicted molar refractivity (Wildman–Crippen MR) is 99.9 cm³/mol. The highest BCUT2D eigenvalue weighted by molar-refractivity contribution is 6.04. The number of rotatable bonds is 5. The molecule has 2 heterocycles. The summed E-state index contributed by atoms with van der Waals surface area (Å²) >= 11 is 0. The van der Waals surface area contributed by atoms with E-state index in [0.717, 1.165) is 23.7 Å². The topological polar surface area (TPSA) is 76.2 Å². The van der Waals surface area contributed by atoms with Crippen molar-refractivity contribution in [1.82, 2.24) is 9.97 Å². The van der Waals surface area contributed by atoms with Crippen molar-refractivity contribution in [2.75, 3.05) is 12.4 Å². The van der Waals surface area contributed by atoms with E-state index in [1.807, 2.05) is 18.3 Å². The Hall–Kier alpha value is -3.02. The SMILES string of the molecule is COc1cc(C(=O)Nc2cc3cc[nH]c3cn2)ccc1OC1CCCC1. The minimum Gasteiger partial charge on any atom is -0.493 e. The number of nitrogens with one attached hydrogen (secondary N) is 2. The van der Waals surface area contributed by atoms with Gasteiger partial charge in [0.05, 0.1) is 24.9 Å². The van der Waals surface area contributed by atoms with Crippen LogP contribution in [0.3, 0.4) is 0 Å². The number of H-pyrrole nitrogens is 1. The molecule has 0 spiro atoms. The van der Waals surface area contributed by atoms with Crippen molar-refractivity contribution in [2.24, 2.45) is 0 Å². The second-order valence-electron chi connectivity index (χ2n) is 6.48. The first-order valence-electron chi connectivity index (χ1n) is 8.82. The Kier molecular flexibility index (Phi) is 4.48. The molecule has 1 aliphatic carbocycles. The lowest BCUT2D eigenvalue weighted by atomic mass is 10.2. The van der Waals surface area contributed by atoms with E-state index in [0.29, 0.717) is 22.9 Å². The number of benzene rings is 1. The second kappa shape index (κ2) is 7.07. The van der Waals surface area contributed by atoms with E-state index in [-0.39, 0.29) is 12.0 Å². The average molecular weight is 351 g/mol. The van der Waals surface area contributed by atoms with Gasteiger partial charge in [-0.2, -0.15) is 0 Å². The quantitative estimate of drug-likeness (QED) is 0.724. The van der Waals surface area contributed by atoms with Crippen LogP contribution in [0.15, 0.2) is 42.7 Å². The second-order valence-corrected chi connectivity index (χ2v) is 6.48. The summed E-state index contributed by atoms with van der Waals surface area (Å²) in [4.78, 5) is 19.9. The molecule has 4 rings (SSSR count). The van der Waals surface area contributed by atoms with Crippen LogP contribution < -0.4 is 14.8 Å². The fourth-order valence-electron chi connectivity index (χ4n) is 3.30. The number of hydrogen-bond acceptors (Lipinski definition) is 4. The molecule has 2 N–H and O–H groups in total. The highest BCUT2D eigenvalue weighted by Gasteiger charge is 2.19. The number of hydrogen-bond donors (Lipinski definition) is 2. The van der Waals surface area contributed by atoms with Crippen LogP contribution in [0.4, 0.5) is 5.82 Å². The standard InChI is InChI=1S/C20H21N3O3/c1-25-18-10-14(6-7-17(18)26-15-4-2-3-5-15)20(24)23-19-11-13-8-9-21-16(13)12-22-19/h6-12,15,21H,2-5H2,1H3,(H,22,23,24). The van der Waals surface area contributed by atoms with Gasteiger partial charge in [-0.15, -0.1) is 0 Å². The van der Waals surface area contributed by atoms with Crippen LogP contribution in [0.1, 0.15) is 36.0 Å². The number of carbonyl (C=O) groups excluding carboxylic acids is 1. The molecular weight excluding hydrogens is 330 g/mol. The van der Waals surface area contributed by atoms with Crippen molar-refractivity contribution in [3.8, 4) is 11.5 Å². The molecule has 6 heteroatoms. The van der Waals surface area contributed by atoms with Gasteiger partial charge in [0.2, 0.25) is 0 Å². The van der Waals surface area contributed by atoms with Crippen molar-refractivity contribution < 1.29 is 14.3 Å². The predicted octanol–water partition coefficient (Wildman–Crippen LogP) is 4.15. The summed E-state index contributed by atoms with van der Waals surface area (Å²) in [7, 11) is 1.58. The lowest BCUT2D eigenvalue weighted by molar-refractivity contribution is 0.102. The lowest BCUT2D eigenvalue weighted by Gasteiger charge is -2.16. The first kappa shape index (κ1) is 16.4. The van der Waals surface area contributed by atoms with E-state index in [1.54, 1.807) is 31.5 Å². The Bertz CT molecular complexity index is 929. The van der Waals surface area contributed by atoms with Gasteiger partial charge in [-0.25, -0.2) is 4.98 Å². The number of ether oxygens (including phenoxy) is 2. The fraction of sp³-hybridized carbons (Fsp3) is 0.300. The number of fused-ring (bicyclic) bond motifs is 1. The van der Waals surface area contributed by atoms with Gasteiger partial charge >= 0.3 is 0 Å². The molecule has 0 radical (unpaired) electrons. The maximum Gasteiger partial charge on any atom is 0.256 e. The van der Waals surface area contributed by atoms with Gasteiger partial charge in [0, 0.05) is 17.1 Å². The van der Waals surface area contributed by atoms with Crippen LogP contribution in [-0.2, 0) is 0 Å². The van der Waals surface area contributed by atoms with Crippen LogP contribution in [0, 0.1) is 0 Å². The van der Waals surface area contributed by atoms with Gasteiger partial charge in [0.15, 0.2) is 11.5 Å². The summed E-state index contributed by atoms with van der Waals surface area (Å²) in [5.41, 5.74) is 1.43. The highest BCUT2D eigenvalue weighted by atomic mass is 16.5. The molecule has 0 unspecified atom stereocenters. The van der Waals surface area contributed by atoms with E-state index in [1.165, 1.54) is 12.8 Å². The molecular formula is C20H21N3O3. The summed E-state index contributed by atoms with van der Waals surface area (Å²) in [6.45, 7) is 0. The van der Waals surface area contributed by atoms with Crippen LogP contribution >= 0.6 is 0 Å². The van der Waals surface area contributed by atoms with Crippen LogP contribution in [0.5, 0.6) is 11.5 Å². The van der Waals surface area contributed by atoms with Gasteiger partial charge in [0.1, 0.15) is 5.82 Å². The summed E-state index contributed by atoms with van der Waals surface area (Å²) in [5, 5.41) is 3.82. The summed E-state index contributed by atoms with van der Waals surface area (Å²) in [6.07, 6.45) is 8.31. The number of aromatic nitrogens is 2. The summed E-state index contributed by atoms with van der Waals surface area (Å²) < 4.78 is 11.4. The van der Waals surface area contributed by atoms with Gasteiger partial charge in [-0.05, 0) is 56.0 Å². The lowest BCUT2D eigenvalue weighted by Crippen LogP contribution is -2.14. The number of anilines is 1. The van der Waals surface area contributed by atoms with E-state index >= 15 is 0 Å². The van der Waals surface area contributed by atoms with Gasteiger partial charge in [-0.3, -0.25) is 4.79 Å². The van der Waals surface area contributed by atoms with Gasteiger partial charge < -0.3 is 19.8 Å². The Morgan fingerprint density at radius 3 is 2.85 bits per heavy atom. The number of methoxy groups -OCH3 is 1. The molecule has 6 nitrogen and oxygen atoms in total. The molecule has 1 amide bonds. The van der Waals surface area contributed by atoms with Gasteiger partial charge in [0.25, 0.3) is 5.91 Å². The monoisotopic (exact) mass is 351 g/mol. The molecule has 2 aromatic heterocycles. The largest absolute Gasteiger partial charge is 0.493 e. The molecule has 0 bridgehead atoms. The van der Waals surface area contributed by atoms with Crippen molar-refractivity contribution in [3.05, 3.63) is 48.3 Å². The molecule has 1 fully saturated rings. The third-order valence-corrected chi connectivity index (χ3v) is 4.70. The minimum atomic E-state index is -0.238. The third-order valence-electron chi connectivity index (χ3n) is 4.70. The molecule has 1 aliphatic rings. The average Bonchev–Trinajstić information content (AvgIpc) is 3.33. The molecule has 26 heavy (non-hydrogen) atoms. The van der Waals surface area contributed by atoms with Gasteiger partial charge in [-0.1, -0.05) is 0 Å². The molecule has 1 aromatic carbocycles. The Balaban J connectivity index is 1.51. The molecule has 134 valence electrons. The number of nitrogens with zero attached hydrogens (tertiary/aromatic N) is 1. The van der Waals surface area contributed by atoms with E-state index < -0.39 is 0 Å². The number of aromatic amines is 1. The first-order valence-corrected chi connectivity index (χ1v) is 8.82. The maximum absolute atomic E-state index is 12.6. The zero-order chi connectivity index (χ0) is 17.9. The molecule has 1 saturated carbocycles. The fourth-order valence-corrected chi connectivity index (χ4v) is 3.30. The van der Waals surface area contributed by atoms with Crippen LogP contribution in [0.25, 0.3) is 10.9 Å². The number of amides is 1. The highest BCUT2D eigenvalue weighted by Crippen LogP contribution is 2.32.